The van der Waals surface area contributed by atoms with Crippen molar-refractivity contribution in [3.63, 3.8) is 0 Å². The zero-order chi connectivity index (χ0) is 27.1. The Balaban J connectivity index is 1.38. The maximum Gasteiger partial charge on any atom is 0.0715 e. The maximum absolute atomic E-state index is 6.47. The second-order valence-electron chi connectivity index (χ2n) is 10.1. The summed E-state index contributed by atoms with van der Waals surface area (Å²) >= 11 is 0. The van der Waals surface area contributed by atoms with E-state index in [2.05, 4.69) is 109 Å². The molecule has 0 atom stereocenters. The van der Waals surface area contributed by atoms with Crippen LogP contribution in [0.3, 0.4) is 0 Å². The third-order valence-corrected chi connectivity index (χ3v) is 7.60. The van der Waals surface area contributed by atoms with Gasteiger partial charge in [0.25, 0.3) is 0 Å². The quantitative estimate of drug-likeness (QED) is 0.140. The summed E-state index contributed by atoms with van der Waals surface area (Å²) in [6.07, 6.45) is 0. The van der Waals surface area contributed by atoms with Crippen molar-refractivity contribution in [2.24, 2.45) is 0 Å². The molecule has 40 heavy (non-hydrogen) atoms. The lowest BCUT2D eigenvalue weighted by Gasteiger charge is -2.14. The Morgan fingerprint density at radius 3 is 1.43 bits per heavy atom. The zero-order valence-corrected chi connectivity index (χ0v) is 21.9. The molecule has 190 valence electrons. The van der Waals surface area contributed by atoms with Crippen molar-refractivity contribution in [1.29, 1.82) is 0 Å². The third kappa shape index (κ3) is 4.14. The summed E-state index contributed by atoms with van der Waals surface area (Å²) in [5.74, 6) is 0. The van der Waals surface area contributed by atoms with Crippen LogP contribution in [0.25, 0.3) is 66.3 Å². The van der Waals surface area contributed by atoms with Gasteiger partial charge < -0.3 is 11.5 Å². The monoisotopic (exact) mass is 513 g/mol. The molecule has 1 aromatic heterocycles. The number of aromatic nitrogens is 1. The number of nitrogen functional groups attached to an aromatic ring is 2. The van der Waals surface area contributed by atoms with Gasteiger partial charge in [0, 0.05) is 21.9 Å². The zero-order valence-electron chi connectivity index (χ0n) is 21.9. The fourth-order valence-electron chi connectivity index (χ4n) is 5.51. The molecule has 1 heterocycles. The number of fused-ring (bicyclic) bond motifs is 3. The van der Waals surface area contributed by atoms with Crippen molar-refractivity contribution >= 4 is 32.9 Å². The minimum absolute atomic E-state index is 0.632. The van der Waals surface area contributed by atoms with Gasteiger partial charge in [-0.25, -0.2) is 4.98 Å². The van der Waals surface area contributed by atoms with Gasteiger partial charge in [0.2, 0.25) is 0 Å². The smallest absolute Gasteiger partial charge is 0.0715 e. The van der Waals surface area contributed by atoms with Crippen LogP contribution in [0.4, 0.5) is 11.4 Å². The van der Waals surface area contributed by atoms with Gasteiger partial charge in [-0.05, 0) is 57.3 Å². The van der Waals surface area contributed by atoms with E-state index >= 15 is 0 Å². The number of nitrogens with zero attached hydrogens (tertiary/aromatic N) is 1. The van der Waals surface area contributed by atoms with Gasteiger partial charge in [0.05, 0.1) is 22.8 Å². The SMILES string of the molecule is Nc1c(N)c2ccc(-c3cccc(-c4cc(-c5ccccc5)nc(-c5ccccc5)c4)c3)cc2c2ccccc12. The molecule has 0 aliphatic carbocycles. The van der Waals surface area contributed by atoms with E-state index in [1.54, 1.807) is 0 Å². The molecule has 0 aliphatic heterocycles. The van der Waals surface area contributed by atoms with E-state index in [1.807, 2.05) is 30.3 Å². The van der Waals surface area contributed by atoms with E-state index in [9.17, 15) is 0 Å². The lowest BCUT2D eigenvalue weighted by molar-refractivity contribution is 1.32. The first-order chi connectivity index (χ1) is 19.7. The molecule has 0 aliphatic rings. The number of benzene rings is 6. The molecule has 7 aromatic rings. The van der Waals surface area contributed by atoms with Crippen molar-refractivity contribution in [1.82, 2.24) is 4.98 Å². The van der Waals surface area contributed by atoms with Crippen LogP contribution in [0, 0.1) is 0 Å². The normalized spacial score (nSPS) is 11.2. The highest BCUT2D eigenvalue weighted by atomic mass is 14.7. The molecule has 3 heteroatoms. The fraction of sp³-hybridized carbons (Fsp3) is 0. The van der Waals surface area contributed by atoms with Gasteiger partial charge in [-0.2, -0.15) is 0 Å². The summed E-state index contributed by atoms with van der Waals surface area (Å²) in [6, 6.07) is 48.4. The first kappa shape index (κ1) is 23.7. The summed E-state index contributed by atoms with van der Waals surface area (Å²) in [6.45, 7) is 0. The van der Waals surface area contributed by atoms with Crippen LogP contribution in [-0.2, 0) is 0 Å². The standard InChI is InChI=1S/C37H27N3/c38-36-31-17-8-7-16-30(31)33-21-28(18-19-32(33)37(36)39)26-14-9-15-27(20-26)29-22-34(24-10-3-1-4-11-24)40-35(23-29)25-12-5-2-6-13-25/h1-23H,38-39H2. The van der Waals surface area contributed by atoms with Crippen LogP contribution in [0.1, 0.15) is 0 Å². The van der Waals surface area contributed by atoms with Crippen LogP contribution in [0.2, 0.25) is 0 Å². The Labute approximate surface area is 233 Å². The third-order valence-electron chi connectivity index (χ3n) is 7.60. The maximum atomic E-state index is 6.47. The molecule has 0 amide bonds. The predicted molar refractivity (Wildman–Crippen MR) is 170 cm³/mol. The molecule has 0 radical (unpaired) electrons. The van der Waals surface area contributed by atoms with Crippen LogP contribution in [0.15, 0.2) is 140 Å². The highest BCUT2D eigenvalue weighted by Gasteiger charge is 2.13. The topological polar surface area (TPSA) is 64.9 Å². The van der Waals surface area contributed by atoms with Crippen molar-refractivity contribution in [2.75, 3.05) is 11.5 Å². The summed E-state index contributed by atoms with van der Waals surface area (Å²) in [5.41, 5.74) is 22.7. The molecule has 0 unspecified atom stereocenters. The molecular formula is C37H27N3. The van der Waals surface area contributed by atoms with E-state index in [-0.39, 0.29) is 0 Å². The Kier molecular flexibility index (Phi) is 5.76. The minimum Gasteiger partial charge on any atom is -0.397 e. The lowest BCUT2D eigenvalue weighted by Crippen LogP contribution is -1.97. The predicted octanol–water partition coefficient (Wildman–Crippen LogP) is 9.22. The Bertz CT molecular complexity index is 1950. The molecule has 7 rings (SSSR count). The van der Waals surface area contributed by atoms with Crippen LogP contribution in [0.5, 0.6) is 0 Å². The van der Waals surface area contributed by atoms with Gasteiger partial charge in [-0.15, -0.1) is 0 Å². The van der Waals surface area contributed by atoms with E-state index in [0.29, 0.717) is 11.4 Å². The summed E-state index contributed by atoms with van der Waals surface area (Å²) in [7, 11) is 0. The molecule has 4 N–H and O–H groups in total. The average Bonchev–Trinajstić information content (AvgIpc) is 3.04. The average molecular weight is 514 g/mol. The second-order valence-corrected chi connectivity index (χ2v) is 10.1. The van der Waals surface area contributed by atoms with Crippen molar-refractivity contribution in [3.05, 3.63) is 140 Å². The largest absolute Gasteiger partial charge is 0.397 e. The van der Waals surface area contributed by atoms with Crippen LogP contribution < -0.4 is 11.5 Å². The number of hydrogen-bond donors (Lipinski definition) is 2. The van der Waals surface area contributed by atoms with E-state index in [4.69, 9.17) is 16.5 Å². The van der Waals surface area contributed by atoms with E-state index < -0.39 is 0 Å². The number of rotatable bonds is 4. The van der Waals surface area contributed by atoms with Gasteiger partial charge in [-0.3, -0.25) is 0 Å². The van der Waals surface area contributed by atoms with Crippen LogP contribution >= 0.6 is 0 Å². The summed E-state index contributed by atoms with van der Waals surface area (Å²) < 4.78 is 0. The highest BCUT2D eigenvalue weighted by Crippen LogP contribution is 2.39. The molecule has 0 bridgehead atoms. The van der Waals surface area contributed by atoms with Gasteiger partial charge in [0.15, 0.2) is 0 Å². The number of nitrogens with two attached hydrogens (primary N) is 2. The first-order valence-electron chi connectivity index (χ1n) is 13.4. The lowest BCUT2D eigenvalue weighted by atomic mass is 9.93. The second kappa shape index (κ2) is 9.72. The van der Waals surface area contributed by atoms with E-state index in [0.717, 1.165) is 66.3 Å². The number of pyridine rings is 1. The highest BCUT2D eigenvalue weighted by molar-refractivity contribution is 6.19. The molecular weight excluding hydrogens is 486 g/mol. The minimum atomic E-state index is 0.632. The number of anilines is 2. The van der Waals surface area contributed by atoms with E-state index in [1.165, 1.54) is 0 Å². The molecule has 0 fully saturated rings. The molecule has 6 aromatic carbocycles. The Hall–Kier alpha value is -5.41. The Morgan fingerprint density at radius 1 is 0.325 bits per heavy atom. The number of hydrogen-bond acceptors (Lipinski definition) is 3. The fourth-order valence-corrected chi connectivity index (χ4v) is 5.51. The van der Waals surface area contributed by atoms with Gasteiger partial charge in [-0.1, -0.05) is 115 Å². The first-order valence-corrected chi connectivity index (χ1v) is 13.4. The van der Waals surface area contributed by atoms with Crippen molar-refractivity contribution in [2.45, 2.75) is 0 Å². The summed E-state index contributed by atoms with van der Waals surface area (Å²) in [5, 5.41) is 4.17. The summed E-state index contributed by atoms with van der Waals surface area (Å²) in [4.78, 5) is 5.04. The molecule has 0 saturated carbocycles. The molecule has 0 saturated heterocycles. The van der Waals surface area contributed by atoms with Gasteiger partial charge >= 0.3 is 0 Å². The van der Waals surface area contributed by atoms with Crippen molar-refractivity contribution < 1.29 is 0 Å². The van der Waals surface area contributed by atoms with Crippen LogP contribution in [-0.4, -0.2) is 4.98 Å². The molecule has 3 nitrogen and oxygen atoms in total. The van der Waals surface area contributed by atoms with Crippen molar-refractivity contribution in [3.8, 4) is 44.8 Å². The van der Waals surface area contributed by atoms with Gasteiger partial charge in [0.1, 0.15) is 0 Å². The Morgan fingerprint density at radius 2 is 0.800 bits per heavy atom. The molecule has 0 spiro atoms.